The van der Waals surface area contributed by atoms with Gasteiger partial charge in [-0.15, -0.1) is 0 Å². The average molecular weight is 296 g/mol. The van der Waals surface area contributed by atoms with Crippen molar-refractivity contribution in [3.05, 3.63) is 83.4 Å². The van der Waals surface area contributed by atoms with E-state index in [1.165, 1.54) is 0 Å². The van der Waals surface area contributed by atoms with Crippen LogP contribution in [0.2, 0.25) is 0 Å². The predicted molar refractivity (Wildman–Crippen MR) is 83.1 cm³/mol. The first-order valence-electron chi connectivity index (χ1n) is 6.86. The van der Waals surface area contributed by atoms with Crippen molar-refractivity contribution in [3.63, 3.8) is 0 Å². The summed E-state index contributed by atoms with van der Waals surface area (Å²) in [4.78, 5) is 22.1. The Hall–Kier alpha value is -2.88. The van der Waals surface area contributed by atoms with E-state index < -0.39 is 11.9 Å². The smallest absolute Gasteiger partial charge is 0.335 e. The number of hydrogen-bond acceptors (Lipinski definition) is 2. The molecule has 0 aliphatic rings. The highest BCUT2D eigenvalue weighted by molar-refractivity contribution is 5.89. The zero-order chi connectivity index (χ0) is 15.9. The highest BCUT2D eigenvalue weighted by Gasteiger charge is 2.19. The van der Waals surface area contributed by atoms with Crippen LogP contribution in [0.15, 0.2) is 66.7 Å². The second-order valence-corrected chi connectivity index (χ2v) is 4.83. The van der Waals surface area contributed by atoms with Gasteiger partial charge in [0.05, 0.1) is 5.56 Å². The van der Waals surface area contributed by atoms with E-state index >= 15 is 0 Å². The first kappa shape index (κ1) is 15.5. The number of aliphatic carboxylic acids is 1. The fraction of sp³-hybridized carbons (Fsp3) is 0.111. The van der Waals surface area contributed by atoms with Gasteiger partial charge >= 0.3 is 11.9 Å². The standard InChI is InChI=1S/C18H16O4/c19-17(20)12-6-11-14(13-7-2-1-3-8-13)15-9-4-5-10-16(15)18(21)22/h1-10,12,14H,11H2,(H,19,20)(H,21,22). The number of benzene rings is 2. The van der Waals surface area contributed by atoms with Crippen LogP contribution in [-0.4, -0.2) is 22.2 Å². The van der Waals surface area contributed by atoms with Crippen LogP contribution in [0.5, 0.6) is 0 Å². The van der Waals surface area contributed by atoms with Crippen LogP contribution in [0.25, 0.3) is 0 Å². The molecule has 0 radical (unpaired) electrons. The Morgan fingerprint density at radius 2 is 1.59 bits per heavy atom. The van der Waals surface area contributed by atoms with Gasteiger partial charge in [-0.25, -0.2) is 9.59 Å². The van der Waals surface area contributed by atoms with Gasteiger partial charge in [-0.05, 0) is 23.6 Å². The molecule has 2 rings (SSSR count). The molecular weight excluding hydrogens is 280 g/mol. The van der Waals surface area contributed by atoms with Gasteiger partial charge in [-0.2, -0.15) is 0 Å². The highest BCUT2D eigenvalue weighted by Crippen LogP contribution is 2.30. The average Bonchev–Trinajstić information content (AvgIpc) is 2.52. The molecule has 4 nitrogen and oxygen atoms in total. The van der Waals surface area contributed by atoms with Crippen LogP contribution >= 0.6 is 0 Å². The minimum atomic E-state index is -1.02. The fourth-order valence-electron chi connectivity index (χ4n) is 2.43. The van der Waals surface area contributed by atoms with E-state index in [1.807, 2.05) is 30.3 Å². The number of allylic oxidation sites excluding steroid dienone is 1. The van der Waals surface area contributed by atoms with Crippen molar-refractivity contribution < 1.29 is 19.8 Å². The van der Waals surface area contributed by atoms with Gasteiger partial charge < -0.3 is 10.2 Å². The highest BCUT2D eigenvalue weighted by atomic mass is 16.4. The number of hydrogen-bond donors (Lipinski definition) is 2. The third-order valence-electron chi connectivity index (χ3n) is 3.40. The van der Waals surface area contributed by atoms with Crippen LogP contribution in [0, 0.1) is 0 Å². The Balaban J connectivity index is 2.45. The second kappa shape index (κ2) is 7.22. The molecule has 112 valence electrons. The van der Waals surface area contributed by atoms with Gasteiger partial charge in [-0.1, -0.05) is 54.6 Å². The molecule has 4 heteroatoms. The molecule has 1 atom stereocenters. The molecular formula is C18H16O4. The molecule has 0 aromatic heterocycles. The lowest BCUT2D eigenvalue weighted by Gasteiger charge is -2.18. The van der Waals surface area contributed by atoms with E-state index in [2.05, 4.69) is 0 Å². The first-order valence-corrected chi connectivity index (χ1v) is 6.86. The van der Waals surface area contributed by atoms with Gasteiger partial charge in [-0.3, -0.25) is 0 Å². The molecule has 1 unspecified atom stereocenters. The van der Waals surface area contributed by atoms with Crippen molar-refractivity contribution in [3.8, 4) is 0 Å². The monoisotopic (exact) mass is 296 g/mol. The molecule has 0 fully saturated rings. The molecule has 0 heterocycles. The SMILES string of the molecule is O=C(O)C=CCC(c1ccccc1)c1ccccc1C(=O)O. The number of carboxylic acid groups (broad SMARTS) is 2. The van der Waals surface area contributed by atoms with Gasteiger partial charge in [0, 0.05) is 12.0 Å². The van der Waals surface area contributed by atoms with Crippen molar-refractivity contribution in [2.45, 2.75) is 12.3 Å². The summed E-state index contributed by atoms with van der Waals surface area (Å²) in [5.41, 5.74) is 1.86. The Kier molecular flexibility index (Phi) is 5.09. The Morgan fingerprint density at radius 1 is 0.955 bits per heavy atom. The third-order valence-corrected chi connectivity index (χ3v) is 3.40. The lowest BCUT2D eigenvalue weighted by Crippen LogP contribution is -2.08. The summed E-state index contributed by atoms with van der Waals surface area (Å²) in [6, 6.07) is 16.3. The van der Waals surface area contributed by atoms with Crippen molar-refractivity contribution >= 4 is 11.9 Å². The lowest BCUT2D eigenvalue weighted by atomic mass is 9.85. The fourth-order valence-corrected chi connectivity index (χ4v) is 2.43. The maximum Gasteiger partial charge on any atom is 0.335 e. The maximum atomic E-state index is 11.4. The number of carbonyl (C=O) groups is 2. The van der Waals surface area contributed by atoms with Crippen LogP contribution in [-0.2, 0) is 4.79 Å². The Morgan fingerprint density at radius 3 is 2.23 bits per heavy atom. The van der Waals surface area contributed by atoms with Gasteiger partial charge in [0.1, 0.15) is 0 Å². The van der Waals surface area contributed by atoms with E-state index in [1.54, 1.807) is 30.3 Å². The minimum absolute atomic E-state index is 0.205. The van der Waals surface area contributed by atoms with E-state index in [9.17, 15) is 14.7 Å². The molecule has 0 aliphatic heterocycles. The van der Waals surface area contributed by atoms with Crippen LogP contribution in [0.4, 0.5) is 0 Å². The largest absolute Gasteiger partial charge is 0.478 e. The summed E-state index contributed by atoms with van der Waals surface area (Å²) in [5.74, 6) is -2.21. The quantitative estimate of drug-likeness (QED) is 0.799. The van der Waals surface area contributed by atoms with Crippen molar-refractivity contribution in [1.29, 1.82) is 0 Å². The van der Waals surface area contributed by atoms with Crippen LogP contribution in [0.3, 0.4) is 0 Å². The van der Waals surface area contributed by atoms with E-state index in [0.29, 0.717) is 12.0 Å². The topological polar surface area (TPSA) is 74.6 Å². The van der Waals surface area contributed by atoms with Gasteiger partial charge in [0.15, 0.2) is 0 Å². The molecule has 0 amide bonds. The molecule has 2 N–H and O–H groups in total. The van der Waals surface area contributed by atoms with E-state index in [0.717, 1.165) is 11.6 Å². The summed E-state index contributed by atoms with van der Waals surface area (Å²) < 4.78 is 0. The lowest BCUT2D eigenvalue weighted by molar-refractivity contribution is -0.131. The molecule has 0 saturated carbocycles. The molecule has 22 heavy (non-hydrogen) atoms. The second-order valence-electron chi connectivity index (χ2n) is 4.83. The Labute approximate surface area is 128 Å². The molecule has 2 aromatic rings. The summed E-state index contributed by atoms with van der Waals surface area (Å²) >= 11 is 0. The summed E-state index contributed by atoms with van der Waals surface area (Å²) in [6.07, 6.45) is 3.05. The van der Waals surface area contributed by atoms with Crippen molar-refractivity contribution in [2.75, 3.05) is 0 Å². The van der Waals surface area contributed by atoms with Crippen LogP contribution < -0.4 is 0 Å². The summed E-state index contributed by atoms with van der Waals surface area (Å²) in [5, 5.41) is 18.1. The van der Waals surface area contributed by atoms with Gasteiger partial charge in [0.25, 0.3) is 0 Å². The number of carboxylic acids is 2. The zero-order valence-electron chi connectivity index (χ0n) is 11.8. The predicted octanol–water partition coefficient (Wildman–Crippen LogP) is 3.55. The molecule has 0 aliphatic carbocycles. The summed E-state index contributed by atoms with van der Waals surface area (Å²) in [6.45, 7) is 0. The zero-order valence-corrected chi connectivity index (χ0v) is 11.8. The van der Waals surface area contributed by atoms with E-state index in [-0.39, 0.29) is 11.5 Å². The molecule has 0 saturated heterocycles. The minimum Gasteiger partial charge on any atom is -0.478 e. The summed E-state index contributed by atoms with van der Waals surface area (Å²) in [7, 11) is 0. The normalized spacial score (nSPS) is 12.2. The van der Waals surface area contributed by atoms with Gasteiger partial charge in [0.2, 0.25) is 0 Å². The number of aromatic carboxylic acids is 1. The number of rotatable bonds is 6. The van der Waals surface area contributed by atoms with Crippen molar-refractivity contribution in [2.24, 2.45) is 0 Å². The molecule has 0 bridgehead atoms. The first-order chi connectivity index (χ1) is 10.6. The Bertz CT molecular complexity index is 689. The molecule has 0 spiro atoms. The van der Waals surface area contributed by atoms with Crippen molar-refractivity contribution in [1.82, 2.24) is 0 Å². The molecule has 2 aromatic carbocycles. The third kappa shape index (κ3) is 3.82. The maximum absolute atomic E-state index is 11.4. The van der Waals surface area contributed by atoms with E-state index in [4.69, 9.17) is 5.11 Å². The van der Waals surface area contributed by atoms with Crippen LogP contribution in [0.1, 0.15) is 33.8 Å².